The molecule has 0 aliphatic heterocycles. The zero-order valence-electron chi connectivity index (χ0n) is 12.2. The van der Waals surface area contributed by atoms with Gasteiger partial charge < -0.3 is 9.64 Å². The number of hydrogen-bond donors (Lipinski definition) is 0. The van der Waals surface area contributed by atoms with Crippen LogP contribution in [0.3, 0.4) is 0 Å². The number of amides is 1. The van der Waals surface area contributed by atoms with Crippen LogP contribution in [0.2, 0.25) is 0 Å². The normalized spacial score (nSPS) is 10.2. The van der Waals surface area contributed by atoms with Crippen LogP contribution < -0.4 is 4.74 Å². The van der Waals surface area contributed by atoms with Gasteiger partial charge in [0.05, 0.1) is 23.7 Å². The van der Waals surface area contributed by atoms with Crippen molar-refractivity contribution in [2.24, 2.45) is 0 Å². The highest BCUT2D eigenvalue weighted by molar-refractivity contribution is 9.09. The first-order valence-corrected chi connectivity index (χ1v) is 7.85. The van der Waals surface area contributed by atoms with Crippen LogP contribution in [-0.4, -0.2) is 41.3 Å². The quantitative estimate of drug-likeness (QED) is 0.406. The fourth-order valence-corrected chi connectivity index (χ4v) is 2.33. The number of nitro benzene ring substituents is 1. The smallest absolute Gasteiger partial charge is 0.273 e. The van der Waals surface area contributed by atoms with Gasteiger partial charge in [-0.3, -0.25) is 14.9 Å². The minimum Gasteiger partial charge on any atom is -0.496 e. The molecule has 7 heteroatoms. The van der Waals surface area contributed by atoms with E-state index in [2.05, 4.69) is 22.9 Å². The number of alkyl halides is 1. The molecule has 0 spiro atoms. The molecule has 0 bridgehead atoms. The van der Waals surface area contributed by atoms with Crippen LogP contribution in [0.15, 0.2) is 18.2 Å². The van der Waals surface area contributed by atoms with Crippen LogP contribution in [-0.2, 0) is 0 Å². The fourth-order valence-electron chi connectivity index (χ4n) is 1.91. The summed E-state index contributed by atoms with van der Waals surface area (Å²) in [6, 6.07) is 4.05. The Morgan fingerprint density at radius 3 is 2.67 bits per heavy atom. The third-order valence-electron chi connectivity index (χ3n) is 3.05. The van der Waals surface area contributed by atoms with Gasteiger partial charge in [0.2, 0.25) is 0 Å². The van der Waals surface area contributed by atoms with E-state index in [1.165, 1.54) is 25.3 Å². The lowest BCUT2D eigenvalue weighted by molar-refractivity contribution is -0.384. The average molecular weight is 359 g/mol. The number of nitro groups is 1. The van der Waals surface area contributed by atoms with E-state index in [-0.39, 0.29) is 17.3 Å². The Hall–Kier alpha value is -1.63. The summed E-state index contributed by atoms with van der Waals surface area (Å²) in [7, 11) is 1.40. The van der Waals surface area contributed by atoms with Crippen molar-refractivity contribution in [1.29, 1.82) is 0 Å². The monoisotopic (exact) mass is 358 g/mol. The van der Waals surface area contributed by atoms with Crippen LogP contribution in [0.4, 0.5) is 5.69 Å². The van der Waals surface area contributed by atoms with Gasteiger partial charge in [0.1, 0.15) is 5.75 Å². The van der Waals surface area contributed by atoms with Crippen molar-refractivity contribution in [2.75, 3.05) is 25.5 Å². The number of benzene rings is 1. The lowest BCUT2D eigenvalue weighted by Gasteiger charge is -2.22. The largest absolute Gasteiger partial charge is 0.496 e. The molecule has 1 aromatic rings. The number of carbonyl (C=O) groups is 1. The molecule has 1 rings (SSSR count). The Morgan fingerprint density at radius 2 is 2.14 bits per heavy atom. The van der Waals surface area contributed by atoms with Gasteiger partial charge in [-0.15, -0.1) is 0 Å². The molecule has 0 radical (unpaired) electrons. The van der Waals surface area contributed by atoms with Crippen molar-refractivity contribution >= 4 is 27.5 Å². The molecule has 116 valence electrons. The molecule has 0 atom stereocenters. The van der Waals surface area contributed by atoms with Gasteiger partial charge in [-0.25, -0.2) is 0 Å². The zero-order valence-corrected chi connectivity index (χ0v) is 13.8. The number of nitrogens with zero attached hydrogens (tertiary/aromatic N) is 2. The highest BCUT2D eigenvalue weighted by Crippen LogP contribution is 2.26. The summed E-state index contributed by atoms with van der Waals surface area (Å²) in [6.07, 6.45) is 1.90. The van der Waals surface area contributed by atoms with Crippen LogP contribution >= 0.6 is 15.9 Å². The molecule has 1 amide bonds. The van der Waals surface area contributed by atoms with E-state index in [1.54, 1.807) is 4.90 Å². The van der Waals surface area contributed by atoms with Gasteiger partial charge in [0.15, 0.2) is 0 Å². The maximum absolute atomic E-state index is 12.6. The molecule has 0 aliphatic rings. The summed E-state index contributed by atoms with van der Waals surface area (Å²) in [5.41, 5.74) is 0.254. The maximum atomic E-state index is 12.6. The number of unbranched alkanes of at least 4 members (excludes halogenated alkanes) is 1. The van der Waals surface area contributed by atoms with Crippen LogP contribution in [0.25, 0.3) is 0 Å². The third-order valence-corrected chi connectivity index (χ3v) is 3.40. The molecule has 0 aliphatic carbocycles. The van der Waals surface area contributed by atoms with Crippen molar-refractivity contribution in [2.45, 2.75) is 19.8 Å². The number of methoxy groups -OCH3 is 1. The molecule has 21 heavy (non-hydrogen) atoms. The Balaban J connectivity index is 3.05. The fraction of sp³-hybridized carbons (Fsp3) is 0.500. The Labute approximate surface area is 132 Å². The summed E-state index contributed by atoms with van der Waals surface area (Å²) in [4.78, 5) is 24.5. The molecule has 0 N–H and O–H groups in total. The Kier molecular flexibility index (Phi) is 7.14. The topological polar surface area (TPSA) is 72.7 Å². The van der Waals surface area contributed by atoms with Gasteiger partial charge in [0.25, 0.3) is 11.6 Å². The lowest BCUT2D eigenvalue weighted by Crippen LogP contribution is -2.33. The minimum atomic E-state index is -0.510. The first-order valence-electron chi connectivity index (χ1n) is 6.72. The van der Waals surface area contributed by atoms with Gasteiger partial charge in [0, 0.05) is 24.5 Å². The summed E-state index contributed by atoms with van der Waals surface area (Å²) in [5.74, 6) is 0.0555. The predicted molar refractivity (Wildman–Crippen MR) is 84.3 cm³/mol. The average Bonchev–Trinajstić information content (AvgIpc) is 2.49. The van der Waals surface area contributed by atoms with E-state index in [1.807, 2.05) is 0 Å². The number of hydrogen-bond acceptors (Lipinski definition) is 4. The van der Waals surface area contributed by atoms with E-state index in [0.29, 0.717) is 24.0 Å². The highest BCUT2D eigenvalue weighted by Gasteiger charge is 2.21. The van der Waals surface area contributed by atoms with E-state index in [0.717, 1.165) is 12.8 Å². The van der Waals surface area contributed by atoms with Gasteiger partial charge in [-0.1, -0.05) is 29.3 Å². The lowest BCUT2D eigenvalue weighted by atomic mass is 10.1. The SMILES string of the molecule is CCCCN(CCBr)C(=O)c1ccc([N+](=O)[O-])cc1OC. The second-order valence-electron chi connectivity index (χ2n) is 4.48. The van der Waals surface area contributed by atoms with Crippen molar-refractivity contribution in [3.8, 4) is 5.75 Å². The third kappa shape index (κ3) is 4.70. The molecule has 1 aromatic carbocycles. The Morgan fingerprint density at radius 1 is 1.43 bits per heavy atom. The molecule has 6 nitrogen and oxygen atoms in total. The first kappa shape index (κ1) is 17.4. The van der Waals surface area contributed by atoms with Gasteiger partial charge in [-0.05, 0) is 12.5 Å². The molecule has 0 aromatic heterocycles. The van der Waals surface area contributed by atoms with Crippen molar-refractivity contribution in [3.05, 3.63) is 33.9 Å². The molecular weight excluding hydrogens is 340 g/mol. The van der Waals surface area contributed by atoms with Gasteiger partial charge >= 0.3 is 0 Å². The molecule has 0 heterocycles. The molecule has 0 fully saturated rings. The van der Waals surface area contributed by atoms with Crippen LogP contribution in [0, 0.1) is 10.1 Å². The molecule has 0 saturated carbocycles. The maximum Gasteiger partial charge on any atom is 0.273 e. The number of non-ortho nitro benzene ring substituents is 1. The number of carbonyl (C=O) groups excluding carboxylic acids is 1. The summed E-state index contributed by atoms with van der Waals surface area (Å²) in [5, 5.41) is 11.5. The first-order chi connectivity index (χ1) is 10.0. The zero-order chi connectivity index (χ0) is 15.8. The standard InChI is InChI=1S/C14H19BrN2O4/c1-3-4-8-16(9-7-15)14(18)12-6-5-11(17(19)20)10-13(12)21-2/h5-6,10H,3-4,7-9H2,1-2H3. The molecule has 0 saturated heterocycles. The molecule has 0 unspecified atom stereocenters. The second-order valence-corrected chi connectivity index (χ2v) is 5.27. The van der Waals surface area contributed by atoms with Crippen molar-refractivity contribution < 1.29 is 14.5 Å². The highest BCUT2D eigenvalue weighted by atomic mass is 79.9. The van der Waals surface area contributed by atoms with Crippen LogP contribution in [0.1, 0.15) is 30.1 Å². The van der Waals surface area contributed by atoms with Gasteiger partial charge in [-0.2, -0.15) is 0 Å². The number of rotatable bonds is 8. The van der Waals surface area contributed by atoms with E-state index >= 15 is 0 Å². The summed E-state index contributed by atoms with van der Waals surface area (Å²) >= 11 is 3.33. The number of ether oxygens (including phenoxy) is 1. The second kappa shape index (κ2) is 8.61. The van der Waals surface area contributed by atoms with E-state index in [4.69, 9.17) is 4.74 Å². The van der Waals surface area contributed by atoms with Crippen LogP contribution in [0.5, 0.6) is 5.75 Å². The minimum absolute atomic E-state index is 0.0935. The van der Waals surface area contributed by atoms with E-state index in [9.17, 15) is 14.9 Å². The summed E-state index contributed by atoms with van der Waals surface area (Å²) < 4.78 is 5.13. The molecular formula is C14H19BrN2O4. The number of halogens is 1. The van der Waals surface area contributed by atoms with Crippen molar-refractivity contribution in [3.63, 3.8) is 0 Å². The van der Waals surface area contributed by atoms with E-state index < -0.39 is 4.92 Å². The summed E-state index contributed by atoms with van der Waals surface area (Å²) in [6.45, 7) is 3.29. The van der Waals surface area contributed by atoms with Crippen molar-refractivity contribution in [1.82, 2.24) is 4.90 Å². The predicted octanol–water partition coefficient (Wildman–Crippen LogP) is 3.24. The Bertz CT molecular complexity index is 508.